The molecule has 4 rings (SSSR count). The number of ether oxygens (including phenoxy) is 2. The maximum absolute atomic E-state index is 12.5. The average molecular weight is 416 g/mol. The lowest BCUT2D eigenvalue weighted by molar-refractivity contribution is -0.149. The summed E-state index contributed by atoms with van der Waals surface area (Å²) >= 11 is 1.96. The minimum atomic E-state index is -0.788. The number of aliphatic hydroxyl groups excluding tert-OH is 1. The van der Waals surface area contributed by atoms with E-state index >= 15 is 0 Å². The number of phenols is 1. The topological polar surface area (TPSA) is 93.1 Å². The largest absolute Gasteiger partial charge is 0.508 e. The summed E-state index contributed by atoms with van der Waals surface area (Å²) in [6.07, 6.45) is -0.626. The van der Waals surface area contributed by atoms with Gasteiger partial charge in [0.2, 0.25) is 0 Å². The van der Waals surface area contributed by atoms with Gasteiger partial charge >= 0.3 is 11.9 Å². The lowest BCUT2D eigenvalue weighted by Crippen LogP contribution is -2.42. The van der Waals surface area contributed by atoms with Crippen molar-refractivity contribution in [3.8, 4) is 11.5 Å². The quantitative estimate of drug-likeness (QED) is 0.426. The molecule has 2 bridgehead atoms. The first-order valence-electron chi connectivity index (χ1n) is 7.06. The number of hydrogen-bond donors (Lipinski definition) is 2. The third-order valence-electron chi connectivity index (χ3n) is 4.97. The molecule has 6 nitrogen and oxygen atoms in total. The highest BCUT2D eigenvalue weighted by molar-refractivity contribution is 14.1. The number of hydrogen-bond acceptors (Lipinski definition) is 6. The molecule has 1 heterocycles. The number of esters is 2. The normalized spacial score (nSPS) is 38.2. The molecule has 0 amide bonds. The van der Waals surface area contributed by atoms with E-state index in [0.717, 1.165) is 0 Å². The summed E-state index contributed by atoms with van der Waals surface area (Å²) in [7, 11) is 0. The van der Waals surface area contributed by atoms with E-state index in [4.69, 9.17) is 9.47 Å². The molecule has 2 saturated carbocycles. The van der Waals surface area contributed by atoms with Crippen LogP contribution in [0.4, 0.5) is 0 Å². The van der Waals surface area contributed by atoms with Gasteiger partial charge in [-0.1, -0.05) is 0 Å². The fourth-order valence-corrected chi connectivity index (χ4v) is 4.70. The van der Waals surface area contributed by atoms with Crippen LogP contribution in [0.2, 0.25) is 0 Å². The Balaban J connectivity index is 1.59. The van der Waals surface area contributed by atoms with Crippen LogP contribution in [0, 0.1) is 27.2 Å². The van der Waals surface area contributed by atoms with Gasteiger partial charge in [-0.15, -0.1) is 0 Å². The number of carbonyl (C=O) groups excluding carboxylic acids is 2. The highest BCUT2D eigenvalue weighted by atomic mass is 127. The van der Waals surface area contributed by atoms with E-state index in [1.807, 2.05) is 22.6 Å². The average Bonchev–Trinajstić information content (AvgIpc) is 3.06. The summed E-state index contributed by atoms with van der Waals surface area (Å²) < 4.78 is 11.2. The standard InChI is InChI=1S/C15H13IO6/c16-8-3-5(17)1-2-9(8)21-14(19)10-6-4-7-11(10)15(20)22-13(7)12(6)18/h1-3,6-7,10-13,17-18H,4H2. The molecular formula is C15H13IO6. The van der Waals surface area contributed by atoms with Gasteiger partial charge in [0.25, 0.3) is 0 Å². The summed E-state index contributed by atoms with van der Waals surface area (Å²) in [6.45, 7) is 0. The number of benzene rings is 1. The second kappa shape index (κ2) is 4.82. The Morgan fingerprint density at radius 3 is 2.86 bits per heavy atom. The predicted molar refractivity (Wildman–Crippen MR) is 80.9 cm³/mol. The number of fused-ring (bicyclic) bond motifs is 1. The molecule has 22 heavy (non-hydrogen) atoms. The second-order valence-corrected chi connectivity index (χ2v) is 7.21. The zero-order chi connectivity index (χ0) is 15.6. The van der Waals surface area contributed by atoms with Crippen LogP contribution < -0.4 is 4.74 Å². The Labute approximate surface area is 139 Å². The van der Waals surface area contributed by atoms with Crippen LogP contribution in [0.5, 0.6) is 11.5 Å². The number of aliphatic hydroxyl groups is 1. The lowest BCUT2D eigenvalue weighted by Gasteiger charge is -2.27. The van der Waals surface area contributed by atoms with Gasteiger partial charge in [0, 0.05) is 11.8 Å². The van der Waals surface area contributed by atoms with E-state index in [1.165, 1.54) is 18.2 Å². The van der Waals surface area contributed by atoms with Gasteiger partial charge in [-0.3, -0.25) is 9.59 Å². The van der Waals surface area contributed by atoms with Crippen molar-refractivity contribution in [3.05, 3.63) is 21.8 Å². The van der Waals surface area contributed by atoms with Crippen LogP contribution in [-0.2, 0) is 14.3 Å². The first-order chi connectivity index (χ1) is 10.5. The van der Waals surface area contributed by atoms with Crippen molar-refractivity contribution in [2.45, 2.75) is 18.6 Å². The summed E-state index contributed by atoms with van der Waals surface area (Å²) in [5.74, 6) is -2.02. The Morgan fingerprint density at radius 1 is 1.36 bits per heavy atom. The highest BCUT2D eigenvalue weighted by Crippen LogP contribution is 2.58. The van der Waals surface area contributed by atoms with Gasteiger partial charge in [-0.25, -0.2) is 0 Å². The summed E-state index contributed by atoms with van der Waals surface area (Å²) in [4.78, 5) is 24.5. The van der Waals surface area contributed by atoms with Crippen LogP contribution in [0.3, 0.4) is 0 Å². The van der Waals surface area contributed by atoms with E-state index < -0.39 is 36.0 Å². The lowest BCUT2D eigenvalue weighted by atomic mass is 9.78. The SMILES string of the molecule is O=C(Oc1ccc(O)cc1I)C1C2CC3C(OC(=O)C31)C2O. The number of carbonyl (C=O) groups is 2. The number of rotatable bonds is 2. The van der Waals surface area contributed by atoms with Crippen molar-refractivity contribution in [3.63, 3.8) is 0 Å². The molecule has 6 atom stereocenters. The molecule has 0 spiro atoms. The predicted octanol–water partition coefficient (Wildman–Crippen LogP) is 1.07. The first kappa shape index (κ1) is 14.3. The molecule has 3 fully saturated rings. The van der Waals surface area contributed by atoms with Crippen molar-refractivity contribution in [2.75, 3.05) is 0 Å². The Kier molecular flexibility index (Phi) is 3.12. The molecule has 1 aliphatic heterocycles. The molecule has 2 aliphatic carbocycles. The maximum Gasteiger partial charge on any atom is 0.315 e. The van der Waals surface area contributed by atoms with E-state index in [2.05, 4.69) is 0 Å². The van der Waals surface area contributed by atoms with Crippen molar-refractivity contribution in [1.29, 1.82) is 0 Å². The zero-order valence-corrected chi connectivity index (χ0v) is 13.5. The molecule has 7 heteroatoms. The maximum atomic E-state index is 12.5. The van der Waals surface area contributed by atoms with Gasteiger partial charge in [-0.05, 0) is 47.2 Å². The Hall–Kier alpha value is -1.35. The van der Waals surface area contributed by atoms with Crippen LogP contribution >= 0.6 is 22.6 Å². The van der Waals surface area contributed by atoms with E-state index in [-0.39, 0.29) is 17.6 Å². The molecule has 0 radical (unpaired) electrons. The van der Waals surface area contributed by atoms with E-state index in [1.54, 1.807) is 0 Å². The van der Waals surface area contributed by atoms with Crippen LogP contribution in [0.15, 0.2) is 18.2 Å². The number of phenolic OH excluding ortho intramolecular Hbond substituents is 1. The Morgan fingerprint density at radius 2 is 2.14 bits per heavy atom. The minimum absolute atomic E-state index is 0.0797. The molecule has 116 valence electrons. The summed E-state index contributed by atoms with van der Waals surface area (Å²) in [6, 6.07) is 4.42. The molecule has 1 saturated heterocycles. The van der Waals surface area contributed by atoms with Crippen molar-refractivity contribution in [2.24, 2.45) is 23.7 Å². The molecule has 1 aromatic carbocycles. The molecule has 0 aromatic heterocycles. The fraction of sp³-hybridized carbons (Fsp3) is 0.467. The number of halogens is 1. The van der Waals surface area contributed by atoms with Gasteiger partial charge in [0.1, 0.15) is 17.6 Å². The first-order valence-corrected chi connectivity index (χ1v) is 8.14. The zero-order valence-electron chi connectivity index (χ0n) is 11.3. The van der Waals surface area contributed by atoms with E-state index in [9.17, 15) is 19.8 Å². The van der Waals surface area contributed by atoms with Gasteiger partial charge in [0.15, 0.2) is 0 Å². The van der Waals surface area contributed by atoms with Gasteiger partial charge in [0.05, 0.1) is 21.5 Å². The molecular weight excluding hydrogens is 403 g/mol. The van der Waals surface area contributed by atoms with Crippen molar-refractivity contribution >= 4 is 34.5 Å². The van der Waals surface area contributed by atoms with Crippen LogP contribution in [0.25, 0.3) is 0 Å². The molecule has 3 aliphatic rings. The smallest absolute Gasteiger partial charge is 0.315 e. The van der Waals surface area contributed by atoms with Crippen LogP contribution in [-0.4, -0.2) is 34.4 Å². The van der Waals surface area contributed by atoms with Crippen molar-refractivity contribution in [1.82, 2.24) is 0 Å². The third-order valence-corrected chi connectivity index (χ3v) is 5.82. The fourth-order valence-electron chi connectivity index (χ4n) is 4.09. The van der Waals surface area contributed by atoms with Gasteiger partial charge < -0.3 is 19.7 Å². The van der Waals surface area contributed by atoms with E-state index in [0.29, 0.717) is 15.7 Å². The van der Waals surface area contributed by atoms with Gasteiger partial charge in [-0.2, -0.15) is 0 Å². The minimum Gasteiger partial charge on any atom is -0.508 e. The van der Waals surface area contributed by atoms with Crippen molar-refractivity contribution < 1.29 is 29.3 Å². The summed E-state index contributed by atoms with van der Waals surface area (Å²) in [5, 5.41) is 19.6. The number of aromatic hydroxyl groups is 1. The Bertz CT molecular complexity index is 674. The molecule has 2 N–H and O–H groups in total. The summed E-state index contributed by atoms with van der Waals surface area (Å²) in [5.41, 5.74) is 0. The highest BCUT2D eigenvalue weighted by Gasteiger charge is 2.68. The van der Waals surface area contributed by atoms with Crippen LogP contribution in [0.1, 0.15) is 6.42 Å². The molecule has 1 aromatic rings. The monoisotopic (exact) mass is 416 g/mol. The third kappa shape index (κ3) is 1.88. The molecule has 6 unspecified atom stereocenters. The second-order valence-electron chi connectivity index (χ2n) is 6.04.